The molecule has 1 aromatic heterocycles. The van der Waals surface area contributed by atoms with Crippen LogP contribution in [0.1, 0.15) is 5.56 Å². The van der Waals surface area contributed by atoms with Crippen LogP contribution in [-0.2, 0) is 6.54 Å². The van der Waals surface area contributed by atoms with E-state index in [0.29, 0.717) is 28.0 Å². The quantitative estimate of drug-likeness (QED) is 0.845. The SMILES string of the molecule is COc1cc(Cl)cc(CNc2ccc(Cl)nc2)c1O. The van der Waals surface area contributed by atoms with Crippen molar-refractivity contribution >= 4 is 28.9 Å². The first kappa shape index (κ1) is 13.8. The van der Waals surface area contributed by atoms with E-state index in [0.717, 1.165) is 5.69 Å². The lowest BCUT2D eigenvalue weighted by atomic mass is 10.2. The monoisotopic (exact) mass is 298 g/mol. The van der Waals surface area contributed by atoms with Crippen LogP contribution in [0.5, 0.6) is 11.5 Å². The van der Waals surface area contributed by atoms with E-state index < -0.39 is 0 Å². The summed E-state index contributed by atoms with van der Waals surface area (Å²) < 4.78 is 5.04. The predicted molar refractivity (Wildman–Crippen MR) is 76.2 cm³/mol. The van der Waals surface area contributed by atoms with Crippen LogP contribution >= 0.6 is 23.2 Å². The summed E-state index contributed by atoms with van der Waals surface area (Å²) >= 11 is 11.7. The molecule has 0 atom stereocenters. The summed E-state index contributed by atoms with van der Waals surface area (Å²) in [6.45, 7) is 0.395. The Balaban J connectivity index is 2.15. The van der Waals surface area contributed by atoms with Gasteiger partial charge < -0.3 is 15.2 Å². The van der Waals surface area contributed by atoms with Crippen LogP contribution in [0.4, 0.5) is 5.69 Å². The van der Waals surface area contributed by atoms with Gasteiger partial charge in [-0.2, -0.15) is 0 Å². The highest BCUT2D eigenvalue weighted by Crippen LogP contribution is 2.33. The van der Waals surface area contributed by atoms with Gasteiger partial charge >= 0.3 is 0 Å². The van der Waals surface area contributed by atoms with Crippen molar-refractivity contribution in [1.82, 2.24) is 4.98 Å². The summed E-state index contributed by atoms with van der Waals surface area (Å²) in [5.41, 5.74) is 1.43. The number of methoxy groups -OCH3 is 1. The van der Waals surface area contributed by atoms with Gasteiger partial charge in [-0.25, -0.2) is 4.98 Å². The van der Waals surface area contributed by atoms with E-state index in [2.05, 4.69) is 10.3 Å². The van der Waals surface area contributed by atoms with Crippen LogP contribution in [0.25, 0.3) is 0 Å². The Morgan fingerprint density at radius 1 is 1.32 bits per heavy atom. The molecule has 2 N–H and O–H groups in total. The maximum absolute atomic E-state index is 9.97. The number of halogens is 2. The third kappa shape index (κ3) is 3.43. The smallest absolute Gasteiger partial charge is 0.162 e. The molecule has 0 aliphatic heterocycles. The second kappa shape index (κ2) is 5.99. The van der Waals surface area contributed by atoms with Crippen molar-refractivity contribution in [2.45, 2.75) is 6.54 Å². The number of ether oxygens (including phenoxy) is 1. The molecule has 1 heterocycles. The molecule has 0 unspecified atom stereocenters. The minimum Gasteiger partial charge on any atom is -0.504 e. The van der Waals surface area contributed by atoms with E-state index in [9.17, 15) is 5.11 Å². The van der Waals surface area contributed by atoms with Gasteiger partial charge in [-0.15, -0.1) is 0 Å². The standard InChI is InChI=1S/C13H12Cl2N2O2/c1-19-11-5-9(14)4-8(13(11)18)6-16-10-2-3-12(15)17-7-10/h2-5,7,16,18H,6H2,1H3. The summed E-state index contributed by atoms with van der Waals surface area (Å²) in [5, 5.41) is 14.0. The molecular weight excluding hydrogens is 287 g/mol. The van der Waals surface area contributed by atoms with Gasteiger partial charge in [0.1, 0.15) is 5.15 Å². The van der Waals surface area contributed by atoms with Crippen molar-refractivity contribution in [3.05, 3.63) is 46.2 Å². The molecule has 0 bridgehead atoms. The summed E-state index contributed by atoms with van der Waals surface area (Å²) in [6, 6.07) is 6.72. The molecule has 0 amide bonds. The predicted octanol–water partition coefficient (Wildman–Crippen LogP) is 3.71. The zero-order chi connectivity index (χ0) is 13.8. The first-order valence-electron chi connectivity index (χ1n) is 5.51. The molecule has 4 nitrogen and oxygen atoms in total. The molecule has 2 aromatic rings. The van der Waals surface area contributed by atoms with Gasteiger partial charge in [-0.3, -0.25) is 0 Å². The fraction of sp³-hybridized carbons (Fsp3) is 0.154. The Bertz CT molecular complexity index is 574. The van der Waals surface area contributed by atoms with E-state index >= 15 is 0 Å². The van der Waals surface area contributed by atoms with Crippen molar-refractivity contribution in [3.8, 4) is 11.5 Å². The summed E-state index contributed by atoms with van der Waals surface area (Å²) in [4.78, 5) is 3.95. The van der Waals surface area contributed by atoms with Crippen molar-refractivity contribution in [2.75, 3.05) is 12.4 Å². The van der Waals surface area contributed by atoms with Gasteiger partial charge in [0.05, 0.1) is 19.0 Å². The lowest BCUT2D eigenvalue weighted by Crippen LogP contribution is -2.01. The fourth-order valence-electron chi connectivity index (χ4n) is 1.60. The molecule has 0 fully saturated rings. The van der Waals surface area contributed by atoms with Crippen molar-refractivity contribution in [2.24, 2.45) is 0 Å². The summed E-state index contributed by atoms with van der Waals surface area (Å²) in [7, 11) is 1.48. The van der Waals surface area contributed by atoms with Gasteiger partial charge in [0.15, 0.2) is 11.5 Å². The first-order chi connectivity index (χ1) is 9.10. The normalized spacial score (nSPS) is 10.3. The number of hydrogen-bond acceptors (Lipinski definition) is 4. The lowest BCUT2D eigenvalue weighted by molar-refractivity contribution is 0.371. The largest absolute Gasteiger partial charge is 0.504 e. The maximum Gasteiger partial charge on any atom is 0.162 e. The van der Waals surface area contributed by atoms with Gasteiger partial charge in [0.25, 0.3) is 0 Å². The topological polar surface area (TPSA) is 54.4 Å². The molecule has 19 heavy (non-hydrogen) atoms. The molecule has 0 aliphatic carbocycles. The Morgan fingerprint density at radius 2 is 2.11 bits per heavy atom. The van der Waals surface area contributed by atoms with Crippen LogP contribution in [0.15, 0.2) is 30.5 Å². The summed E-state index contributed by atoms with van der Waals surface area (Å²) in [6.07, 6.45) is 1.61. The lowest BCUT2D eigenvalue weighted by Gasteiger charge is -2.11. The number of benzene rings is 1. The molecule has 1 aromatic carbocycles. The number of phenols is 1. The zero-order valence-electron chi connectivity index (χ0n) is 10.2. The minimum atomic E-state index is 0.0707. The molecule has 100 valence electrons. The molecule has 0 aliphatic rings. The van der Waals surface area contributed by atoms with E-state index in [-0.39, 0.29) is 5.75 Å². The van der Waals surface area contributed by atoms with Gasteiger partial charge in [-0.1, -0.05) is 23.2 Å². The number of aromatic hydroxyl groups is 1. The third-order valence-corrected chi connectivity index (χ3v) is 2.99. The number of nitrogens with one attached hydrogen (secondary N) is 1. The van der Waals surface area contributed by atoms with Gasteiger partial charge in [0.2, 0.25) is 0 Å². The molecule has 0 saturated heterocycles. The molecule has 0 saturated carbocycles. The van der Waals surface area contributed by atoms with Crippen LogP contribution in [0.3, 0.4) is 0 Å². The highest BCUT2D eigenvalue weighted by Gasteiger charge is 2.09. The Hall–Kier alpha value is -1.65. The molecule has 2 rings (SSSR count). The van der Waals surface area contributed by atoms with Crippen molar-refractivity contribution < 1.29 is 9.84 Å². The molecule has 6 heteroatoms. The second-order valence-electron chi connectivity index (χ2n) is 3.84. The van der Waals surface area contributed by atoms with Crippen LogP contribution in [-0.4, -0.2) is 17.2 Å². The maximum atomic E-state index is 9.97. The average molecular weight is 299 g/mol. The third-order valence-electron chi connectivity index (χ3n) is 2.55. The highest BCUT2D eigenvalue weighted by atomic mass is 35.5. The van der Waals surface area contributed by atoms with Crippen LogP contribution in [0.2, 0.25) is 10.2 Å². The minimum absolute atomic E-state index is 0.0707. The number of phenolic OH excluding ortho intramolecular Hbond substituents is 1. The van der Waals surface area contributed by atoms with Crippen molar-refractivity contribution in [3.63, 3.8) is 0 Å². The number of pyridine rings is 1. The number of nitrogens with zero attached hydrogens (tertiary/aromatic N) is 1. The van der Waals surface area contributed by atoms with E-state index in [1.165, 1.54) is 7.11 Å². The zero-order valence-corrected chi connectivity index (χ0v) is 11.7. The van der Waals surface area contributed by atoms with E-state index in [4.69, 9.17) is 27.9 Å². The van der Waals surface area contributed by atoms with E-state index in [1.807, 2.05) is 0 Å². The summed E-state index contributed by atoms with van der Waals surface area (Å²) in [5.74, 6) is 0.417. The Kier molecular flexibility index (Phi) is 4.35. The van der Waals surface area contributed by atoms with Gasteiger partial charge in [-0.05, 0) is 18.2 Å². The molecular formula is C13H12Cl2N2O2. The van der Waals surface area contributed by atoms with E-state index in [1.54, 1.807) is 30.5 Å². The Morgan fingerprint density at radius 3 is 2.74 bits per heavy atom. The van der Waals surface area contributed by atoms with Gasteiger partial charge in [0, 0.05) is 23.2 Å². The molecule has 0 spiro atoms. The number of hydrogen-bond donors (Lipinski definition) is 2. The van der Waals surface area contributed by atoms with Crippen LogP contribution in [0, 0.1) is 0 Å². The first-order valence-corrected chi connectivity index (χ1v) is 6.26. The fourth-order valence-corrected chi connectivity index (χ4v) is 1.94. The highest BCUT2D eigenvalue weighted by molar-refractivity contribution is 6.30. The van der Waals surface area contributed by atoms with Crippen LogP contribution < -0.4 is 10.1 Å². The number of rotatable bonds is 4. The van der Waals surface area contributed by atoms with Crippen molar-refractivity contribution in [1.29, 1.82) is 0 Å². The average Bonchev–Trinajstić information content (AvgIpc) is 2.41. The second-order valence-corrected chi connectivity index (χ2v) is 4.66. The molecule has 0 radical (unpaired) electrons. The number of anilines is 1. The Labute approximate surface area is 121 Å². The number of aromatic nitrogens is 1.